The molecule has 0 amide bonds. The minimum atomic E-state index is -0.764. The highest BCUT2D eigenvalue weighted by molar-refractivity contribution is 5.86. The van der Waals surface area contributed by atoms with Crippen LogP contribution in [0.25, 0.3) is 0 Å². The van der Waals surface area contributed by atoms with E-state index in [0.29, 0.717) is 12.0 Å². The zero-order valence-electron chi connectivity index (χ0n) is 6.71. The van der Waals surface area contributed by atoms with Gasteiger partial charge in [0.25, 0.3) is 0 Å². The van der Waals surface area contributed by atoms with E-state index in [0.717, 1.165) is 19.5 Å². The van der Waals surface area contributed by atoms with Crippen molar-refractivity contribution in [3.63, 3.8) is 0 Å². The van der Waals surface area contributed by atoms with Crippen molar-refractivity contribution in [3.05, 3.63) is 11.6 Å². The molecule has 0 radical (unpaired) electrons. The molecule has 0 atom stereocenters. The Bertz CT molecular complexity index is 187. The second-order valence-electron chi connectivity index (χ2n) is 2.90. The molecule has 62 valence electrons. The highest BCUT2D eigenvalue weighted by Gasteiger charge is 2.10. The van der Waals surface area contributed by atoms with Crippen molar-refractivity contribution >= 4 is 5.97 Å². The summed E-state index contributed by atoms with van der Waals surface area (Å²) in [5.41, 5.74) is 0.564. The molecule has 1 aliphatic rings. The summed E-state index contributed by atoms with van der Waals surface area (Å²) in [6.45, 7) is 1.76. The predicted molar refractivity (Wildman–Crippen MR) is 42.4 cm³/mol. The summed E-state index contributed by atoms with van der Waals surface area (Å²) in [7, 11) is 2.00. The first kappa shape index (κ1) is 8.27. The van der Waals surface area contributed by atoms with Gasteiger partial charge in [0.05, 0.1) is 0 Å². The first-order valence-corrected chi connectivity index (χ1v) is 3.81. The van der Waals surface area contributed by atoms with Gasteiger partial charge in [-0.15, -0.1) is 0 Å². The maximum Gasteiger partial charge on any atom is 0.331 e. The lowest BCUT2D eigenvalue weighted by Gasteiger charge is -2.09. The molecule has 1 heterocycles. The lowest BCUT2D eigenvalue weighted by atomic mass is 10.1. The summed E-state index contributed by atoms with van der Waals surface area (Å²) >= 11 is 0. The first-order chi connectivity index (χ1) is 5.20. The number of rotatable bonds is 1. The van der Waals surface area contributed by atoms with Gasteiger partial charge in [0.1, 0.15) is 0 Å². The molecule has 0 saturated carbocycles. The van der Waals surface area contributed by atoms with Gasteiger partial charge in [0.2, 0.25) is 0 Å². The third-order valence-electron chi connectivity index (χ3n) is 1.91. The molecule has 1 N–H and O–H groups in total. The van der Waals surface area contributed by atoms with Gasteiger partial charge in [-0.25, -0.2) is 4.79 Å². The largest absolute Gasteiger partial charge is 0.478 e. The van der Waals surface area contributed by atoms with Crippen LogP contribution in [0, 0.1) is 0 Å². The summed E-state index contributed by atoms with van der Waals surface area (Å²) < 4.78 is 0. The number of nitrogens with zero attached hydrogens (tertiary/aromatic N) is 1. The van der Waals surface area contributed by atoms with Gasteiger partial charge in [0.15, 0.2) is 0 Å². The van der Waals surface area contributed by atoms with Gasteiger partial charge in [-0.05, 0) is 26.4 Å². The molecule has 0 saturated heterocycles. The number of hydrogen-bond donors (Lipinski definition) is 1. The van der Waals surface area contributed by atoms with Gasteiger partial charge in [-0.3, -0.25) is 0 Å². The molecule has 1 aliphatic heterocycles. The fourth-order valence-electron chi connectivity index (χ4n) is 1.19. The molecule has 0 aromatic rings. The molecular formula is C8H13NO2. The SMILES string of the molecule is CN1CC=C(C(=O)O)CCC1. The van der Waals surface area contributed by atoms with Gasteiger partial charge in [0, 0.05) is 12.1 Å². The van der Waals surface area contributed by atoms with E-state index in [9.17, 15) is 4.79 Å². The molecule has 3 heteroatoms. The van der Waals surface area contributed by atoms with Crippen molar-refractivity contribution in [1.82, 2.24) is 4.90 Å². The molecule has 0 bridgehead atoms. The monoisotopic (exact) mass is 155 g/mol. The van der Waals surface area contributed by atoms with Crippen LogP contribution >= 0.6 is 0 Å². The maximum absolute atomic E-state index is 10.5. The summed E-state index contributed by atoms with van der Waals surface area (Å²) in [4.78, 5) is 12.6. The van der Waals surface area contributed by atoms with Crippen LogP contribution in [0.3, 0.4) is 0 Å². The number of carbonyl (C=O) groups is 1. The normalized spacial score (nSPS) is 20.6. The molecule has 11 heavy (non-hydrogen) atoms. The molecular weight excluding hydrogens is 142 g/mol. The Kier molecular flexibility index (Phi) is 2.65. The quantitative estimate of drug-likeness (QED) is 0.606. The van der Waals surface area contributed by atoms with Crippen LogP contribution in [-0.2, 0) is 4.79 Å². The first-order valence-electron chi connectivity index (χ1n) is 3.81. The number of hydrogen-bond acceptors (Lipinski definition) is 2. The summed E-state index contributed by atoms with van der Waals surface area (Å²) in [5, 5.41) is 8.66. The minimum Gasteiger partial charge on any atom is -0.478 e. The Morgan fingerprint density at radius 1 is 1.73 bits per heavy atom. The van der Waals surface area contributed by atoms with Gasteiger partial charge in [-0.2, -0.15) is 0 Å². The van der Waals surface area contributed by atoms with Crippen molar-refractivity contribution in [3.8, 4) is 0 Å². The summed E-state index contributed by atoms with van der Waals surface area (Å²) in [6.07, 6.45) is 3.46. The van der Waals surface area contributed by atoms with E-state index in [-0.39, 0.29) is 0 Å². The lowest BCUT2D eigenvalue weighted by Crippen LogP contribution is -2.17. The highest BCUT2D eigenvalue weighted by atomic mass is 16.4. The average molecular weight is 155 g/mol. The lowest BCUT2D eigenvalue weighted by molar-refractivity contribution is -0.132. The zero-order valence-corrected chi connectivity index (χ0v) is 6.71. The topological polar surface area (TPSA) is 40.5 Å². The molecule has 0 aromatic carbocycles. The molecule has 0 fully saturated rings. The average Bonchev–Trinajstić information content (AvgIpc) is 2.13. The highest BCUT2D eigenvalue weighted by Crippen LogP contribution is 2.09. The van der Waals surface area contributed by atoms with E-state index >= 15 is 0 Å². The number of likely N-dealkylation sites (N-methyl/N-ethyl adjacent to an activating group) is 1. The molecule has 1 rings (SSSR count). The van der Waals surface area contributed by atoms with E-state index in [1.54, 1.807) is 6.08 Å². The van der Waals surface area contributed by atoms with Crippen molar-refractivity contribution in [2.45, 2.75) is 12.8 Å². The summed E-state index contributed by atoms with van der Waals surface area (Å²) in [6, 6.07) is 0. The fraction of sp³-hybridized carbons (Fsp3) is 0.625. The Morgan fingerprint density at radius 3 is 3.09 bits per heavy atom. The van der Waals surface area contributed by atoms with Crippen LogP contribution in [0.1, 0.15) is 12.8 Å². The Balaban J connectivity index is 2.58. The standard InChI is InChI=1S/C8H13NO2/c1-9-5-2-3-7(4-6-9)8(10)11/h4H,2-3,5-6H2,1H3,(H,10,11). The predicted octanol–water partition coefficient (Wildman–Crippen LogP) is 0.723. The van der Waals surface area contributed by atoms with Crippen molar-refractivity contribution in [1.29, 1.82) is 0 Å². The second kappa shape index (κ2) is 3.53. The second-order valence-corrected chi connectivity index (χ2v) is 2.90. The van der Waals surface area contributed by atoms with Crippen LogP contribution in [0.4, 0.5) is 0 Å². The van der Waals surface area contributed by atoms with E-state index < -0.39 is 5.97 Å². The van der Waals surface area contributed by atoms with Crippen LogP contribution in [-0.4, -0.2) is 36.1 Å². The molecule has 0 spiro atoms. The molecule has 3 nitrogen and oxygen atoms in total. The number of aliphatic carboxylic acids is 1. The van der Waals surface area contributed by atoms with Gasteiger partial charge >= 0.3 is 5.97 Å². The van der Waals surface area contributed by atoms with E-state index in [4.69, 9.17) is 5.11 Å². The van der Waals surface area contributed by atoms with E-state index in [1.165, 1.54) is 0 Å². The third kappa shape index (κ3) is 2.35. The van der Waals surface area contributed by atoms with Gasteiger partial charge < -0.3 is 10.0 Å². The Labute approximate surface area is 66.3 Å². The van der Waals surface area contributed by atoms with Gasteiger partial charge in [-0.1, -0.05) is 6.08 Å². The molecule has 0 aromatic heterocycles. The Hall–Kier alpha value is -0.830. The van der Waals surface area contributed by atoms with Crippen molar-refractivity contribution in [2.75, 3.05) is 20.1 Å². The van der Waals surface area contributed by atoms with E-state index in [1.807, 2.05) is 7.05 Å². The van der Waals surface area contributed by atoms with Crippen LogP contribution in [0.5, 0.6) is 0 Å². The zero-order chi connectivity index (χ0) is 8.27. The van der Waals surface area contributed by atoms with Crippen LogP contribution in [0.15, 0.2) is 11.6 Å². The fourth-order valence-corrected chi connectivity index (χ4v) is 1.19. The molecule has 0 aliphatic carbocycles. The molecule has 0 unspecified atom stereocenters. The van der Waals surface area contributed by atoms with Crippen molar-refractivity contribution in [2.24, 2.45) is 0 Å². The maximum atomic E-state index is 10.5. The number of carboxylic acids is 1. The smallest absolute Gasteiger partial charge is 0.331 e. The minimum absolute atomic E-state index is 0.564. The van der Waals surface area contributed by atoms with Crippen molar-refractivity contribution < 1.29 is 9.90 Å². The summed E-state index contributed by atoms with van der Waals surface area (Å²) in [5.74, 6) is -0.764. The van der Waals surface area contributed by atoms with Crippen LogP contribution < -0.4 is 0 Å². The number of carboxylic acid groups (broad SMARTS) is 1. The van der Waals surface area contributed by atoms with Crippen LogP contribution in [0.2, 0.25) is 0 Å². The Morgan fingerprint density at radius 2 is 2.45 bits per heavy atom. The third-order valence-corrected chi connectivity index (χ3v) is 1.91. The van der Waals surface area contributed by atoms with E-state index in [2.05, 4.69) is 4.90 Å².